The van der Waals surface area contributed by atoms with Gasteiger partial charge in [-0.2, -0.15) is 0 Å². The Kier molecular flexibility index (Phi) is 4.90. The molecule has 0 unspecified atom stereocenters. The quantitative estimate of drug-likeness (QED) is 0.661. The van der Waals surface area contributed by atoms with Crippen LogP contribution in [0.15, 0.2) is 43.2 Å². The lowest BCUT2D eigenvalue weighted by atomic mass is 10.1. The number of phenols is 1. The highest BCUT2D eigenvalue weighted by atomic mass is 35.5. The summed E-state index contributed by atoms with van der Waals surface area (Å²) in [6, 6.07) is 6.62. The first-order valence-corrected chi connectivity index (χ1v) is 7.01. The van der Waals surface area contributed by atoms with Crippen molar-refractivity contribution in [3.05, 3.63) is 64.5 Å². The Morgan fingerprint density at radius 1 is 1.41 bits per heavy atom. The van der Waals surface area contributed by atoms with Gasteiger partial charge in [0.05, 0.1) is 33.5 Å². The smallest absolute Gasteiger partial charge is 0.261 e. The summed E-state index contributed by atoms with van der Waals surface area (Å²) in [5.41, 5.74) is 6.23. The van der Waals surface area contributed by atoms with Crippen molar-refractivity contribution in [1.82, 2.24) is 9.88 Å². The number of hydrogen-bond acceptors (Lipinski definition) is 4. The normalized spacial score (nSPS) is 10.3. The molecule has 0 saturated carbocycles. The molecule has 1 amide bonds. The van der Waals surface area contributed by atoms with E-state index < -0.39 is 5.91 Å². The summed E-state index contributed by atoms with van der Waals surface area (Å²) in [7, 11) is 0. The molecular weight excluding hydrogens is 325 g/mol. The average Bonchev–Trinajstić information content (AvgIpc) is 2.51. The number of aromatic nitrogens is 1. The molecule has 5 nitrogen and oxygen atoms in total. The van der Waals surface area contributed by atoms with Gasteiger partial charge in [0.15, 0.2) is 5.75 Å². The molecule has 2 aromatic rings. The fourth-order valence-electron chi connectivity index (χ4n) is 1.87. The Morgan fingerprint density at radius 2 is 2.14 bits per heavy atom. The van der Waals surface area contributed by atoms with E-state index >= 15 is 0 Å². The van der Waals surface area contributed by atoms with E-state index in [0.29, 0.717) is 5.69 Å². The van der Waals surface area contributed by atoms with E-state index in [1.54, 1.807) is 18.3 Å². The molecule has 0 atom stereocenters. The van der Waals surface area contributed by atoms with E-state index in [9.17, 15) is 9.90 Å². The third-order valence-electron chi connectivity index (χ3n) is 3.00. The Morgan fingerprint density at radius 3 is 2.73 bits per heavy atom. The number of phenolic OH excluding ortho intramolecular Hbond substituents is 1. The molecule has 3 N–H and O–H groups in total. The number of nitrogens with zero attached hydrogens (tertiary/aromatic N) is 2. The zero-order valence-corrected chi connectivity index (χ0v) is 13.0. The number of nitrogen functional groups attached to an aromatic ring is 1. The van der Waals surface area contributed by atoms with Crippen LogP contribution in [0.5, 0.6) is 5.75 Å². The molecule has 0 aliphatic heterocycles. The molecule has 0 saturated heterocycles. The number of nitrogens with two attached hydrogens (primary N) is 1. The van der Waals surface area contributed by atoms with Crippen LogP contribution in [0, 0.1) is 0 Å². The monoisotopic (exact) mass is 337 g/mol. The third-order valence-corrected chi connectivity index (χ3v) is 3.58. The molecule has 0 aliphatic carbocycles. The van der Waals surface area contributed by atoms with Gasteiger partial charge in [0, 0.05) is 12.4 Å². The highest BCUT2D eigenvalue weighted by Gasteiger charge is 2.23. The minimum atomic E-state index is -0.505. The largest absolute Gasteiger partial charge is 0.504 e. The van der Waals surface area contributed by atoms with Crippen LogP contribution in [0.1, 0.15) is 16.1 Å². The van der Waals surface area contributed by atoms with E-state index in [-0.39, 0.29) is 33.6 Å². The first-order valence-electron chi connectivity index (χ1n) is 6.25. The summed E-state index contributed by atoms with van der Waals surface area (Å²) < 4.78 is 0. The predicted molar refractivity (Wildman–Crippen MR) is 86.8 cm³/mol. The summed E-state index contributed by atoms with van der Waals surface area (Å²) >= 11 is 11.8. The molecule has 0 radical (unpaired) electrons. The van der Waals surface area contributed by atoms with Gasteiger partial charge in [-0.3, -0.25) is 9.78 Å². The predicted octanol–water partition coefficient (Wildman–Crippen LogP) is 3.46. The maximum atomic E-state index is 12.6. The van der Waals surface area contributed by atoms with Crippen molar-refractivity contribution in [2.24, 2.45) is 0 Å². The lowest BCUT2D eigenvalue weighted by Gasteiger charge is -2.20. The van der Waals surface area contributed by atoms with Gasteiger partial charge >= 0.3 is 0 Å². The van der Waals surface area contributed by atoms with Crippen molar-refractivity contribution < 1.29 is 9.90 Å². The summed E-state index contributed by atoms with van der Waals surface area (Å²) in [5.74, 6) is -0.883. The second-order valence-electron chi connectivity index (χ2n) is 4.41. The highest BCUT2D eigenvalue weighted by molar-refractivity contribution is 6.38. The van der Waals surface area contributed by atoms with Gasteiger partial charge in [-0.05, 0) is 18.2 Å². The number of benzene rings is 1. The maximum Gasteiger partial charge on any atom is 0.261 e. The van der Waals surface area contributed by atoms with Crippen molar-refractivity contribution in [2.45, 2.75) is 6.54 Å². The molecule has 114 valence electrons. The highest BCUT2D eigenvalue weighted by Crippen LogP contribution is 2.38. The SMILES string of the molecule is C=CN(Cc1ccccn1)C(=O)c1c(Cl)cc(Cl)c(O)c1N. The van der Waals surface area contributed by atoms with Crippen LogP contribution in [0.2, 0.25) is 10.0 Å². The van der Waals surface area contributed by atoms with Gasteiger partial charge in [-0.1, -0.05) is 35.8 Å². The number of aromatic hydroxyl groups is 1. The fraction of sp³-hybridized carbons (Fsp3) is 0.0667. The molecule has 0 aliphatic rings. The molecule has 1 aromatic heterocycles. The molecule has 22 heavy (non-hydrogen) atoms. The van der Waals surface area contributed by atoms with E-state index in [0.717, 1.165) is 0 Å². The number of anilines is 1. The second kappa shape index (κ2) is 6.68. The summed E-state index contributed by atoms with van der Waals surface area (Å²) in [4.78, 5) is 18.0. The van der Waals surface area contributed by atoms with Crippen LogP contribution >= 0.6 is 23.2 Å². The lowest BCUT2D eigenvalue weighted by Crippen LogP contribution is -2.26. The van der Waals surface area contributed by atoms with Gasteiger partial charge in [-0.15, -0.1) is 0 Å². The van der Waals surface area contributed by atoms with Crippen molar-refractivity contribution in [3.63, 3.8) is 0 Å². The topological polar surface area (TPSA) is 79.5 Å². The minimum Gasteiger partial charge on any atom is -0.504 e. The zero-order valence-electron chi connectivity index (χ0n) is 11.5. The number of hydrogen-bond donors (Lipinski definition) is 2. The molecule has 7 heteroatoms. The summed E-state index contributed by atoms with van der Waals surface area (Å²) in [6.07, 6.45) is 2.97. The fourth-order valence-corrected chi connectivity index (χ4v) is 2.43. The lowest BCUT2D eigenvalue weighted by molar-refractivity contribution is 0.0813. The molecular formula is C15H13Cl2N3O2. The van der Waals surface area contributed by atoms with Gasteiger partial charge in [0.1, 0.15) is 0 Å². The maximum absolute atomic E-state index is 12.6. The van der Waals surface area contributed by atoms with Crippen molar-refractivity contribution >= 4 is 34.8 Å². The Hall–Kier alpha value is -2.24. The number of halogens is 2. The van der Waals surface area contributed by atoms with Crippen LogP contribution in [-0.4, -0.2) is 20.9 Å². The number of carbonyl (C=O) groups excluding carboxylic acids is 1. The Bertz CT molecular complexity index is 720. The van der Waals surface area contributed by atoms with E-state index in [1.807, 2.05) is 6.07 Å². The number of rotatable bonds is 4. The molecule has 2 rings (SSSR count). The second-order valence-corrected chi connectivity index (χ2v) is 5.23. The summed E-state index contributed by atoms with van der Waals surface area (Å²) in [5, 5.41) is 9.81. The number of amides is 1. The van der Waals surface area contributed by atoms with Crippen LogP contribution in [0.25, 0.3) is 0 Å². The van der Waals surface area contributed by atoms with Crippen molar-refractivity contribution in [3.8, 4) is 5.75 Å². The van der Waals surface area contributed by atoms with Gasteiger partial charge < -0.3 is 15.7 Å². The minimum absolute atomic E-state index is 0.0195. The standard InChI is InChI=1S/C15H13Cl2N3O2/c1-2-20(8-9-5-3-4-6-19-9)15(22)12-10(16)7-11(17)14(21)13(12)18/h2-7,21H,1,8,18H2. The van der Waals surface area contributed by atoms with Gasteiger partial charge in [0.2, 0.25) is 0 Å². The van der Waals surface area contributed by atoms with Gasteiger partial charge in [0.25, 0.3) is 5.91 Å². The van der Waals surface area contributed by atoms with Crippen molar-refractivity contribution in [1.29, 1.82) is 0 Å². The third kappa shape index (κ3) is 3.16. The van der Waals surface area contributed by atoms with Crippen LogP contribution < -0.4 is 5.73 Å². The van der Waals surface area contributed by atoms with E-state index in [4.69, 9.17) is 28.9 Å². The molecule has 1 aromatic carbocycles. The van der Waals surface area contributed by atoms with Crippen LogP contribution in [0.4, 0.5) is 5.69 Å². The first kappa shape index (κ1) is 16.1. The van der Waals surface area contributed by atoms with Crippen LogP contribution in [0.3, 0.4) is 0 Å². The summed E-state index contributed by atoms with van der Waals surface area (Å²) in [6.45, 7) is 3.80. The van der Waals surface area contributed by atoms with Gasteiger partial charge in [-0.25, -0.2) is 0 Å². The first-order chi connectivity index (χ1) is 10.5. The molecule has 1 heterocycles. The zero-order chi connectivity index (χ0) is 16.3. The van der Waals surface area contributed by atoms with E-state index in [2.05, 4.69) is 11.6 Å². The number of carbonyl (C=O) groups is 1. The van der Waals surface area contributed by atoms with E-state index in [1.165, 1.54) is 17.2 Å². The number of pyridine rings is 1. The van der Waals surface area contributed by atoms with Crippen molar-refractivity contribution in [2.75, 3.05) is 5.73 Å². The Balaban J connectivity index is 2.37. The van der Waals surface area contributed by atoms with Crippen LogP contribution in [-0.2, 0) is 6.54 Å². The molecule has 0 spiro atoms. The average molecular weight is 338 g/mol. The Labute approximate surface area is 137 Å². The molecule has 0 bridgehead atoms. The molecule has 0 fully saturated rings.